The van der Waals surface area contributed by atoms with Gasteiger partial charge in [-0.2, -0.15) is 0 Å². The molecule has 46 heavy (non-hydrogen) atoms. The zero-order valence-electron chi connectivity index (χ0n) is 25.8. The number of hydrogen-bond donors (Lipinski definition) is 0. The molecule has 1 aliphatic carbocycles. The molecule has 0 aliphatic heterocycles. The van der Waals surface area contributed by atoms with E-state index < -0.39 is 0 Å². The van der Waals surface area contributed by atoms with Crippen molar-refractivity contribution >= 4 is 32.3 Å². The van der Waals surface area contributed by atoms with E-state index in [0.29, 0.717) is 0 Å². The molecule has 0 amide bonds. The molecule has 0 saturated heterocycles. The summed E-state index contributed by atoms with van der Waals surface area (Å²) in [6.45, 7) is 0. The predicted octanol–water partition coefficient (Wildman–Crippen LogP) is 12.7. The smallest absolute Gasteiger partial charge is 0.00928 e. The normalized spacial score (nSPS) is 12.9. The first-order chi connectivity index (χ1) is 22.8. The summed E-state index contributed by atoms with van der Waals surface area (Å²) >= 11 is 0. The molecule has 0 unspecified atom stereocenters. The Morgan fingerprint density at radius 2 is 0.674 bits per heavy atom. The Morgan fingerprint density at radius 3 is 1.26 bits per heavy atom. The van der Waals surface area contributed by atoms with Gasteiger partial charge in [-0.25, -0.2) is 0 Å². The van der Waals surface area contributed by atoms with Crippen molar-refractivity contribution in [2.75, 3.05) is 0 Å². The van der Waals surface area contributed by atoms with E-state index in [4.69, 9.17) is 0 Å². The highest BCUT2D eigenvalue weighted by Gasteiger charge is 2.19. The van der Waals surface area contributed by atoms with Gasteiger partial charge in [-0.15, -0.1) is 0 Å². The fourth-order valence-corrected chi connectivity index (χ4v) is 7.86. The Labute approximate surface area is 270 Å². The summed E-state index contributed by atoms with van der Waals surface area (Å²) in [4.78, 5) is 0. The number of benzene rings is 8. The zero-order valence-corrected chi connectivity index (χ0v) is 25.8. The van der Waals surface area contributed by atoms with Gasteiger partial charge in [-0.05, 0) is 132 Å². The van der Waals surface area contributed by atoms with E-state index in [1.54, 1.807) is 5.56 Å². The van der Waals surface area contributed by atoms with Gasteiger partial charge in [0.25, 0.3) is 0 Å². The minimum absolute atomic E-state index is 1.15. The molecule has 0 radical (unpaired) electrons. The second-order valence-electron chi connectivity index (χ2n) is 12.7. The lowest BCUT2D eigenvalue weighted by Gasteiger charge is -2.23. The molecular formula is C46H34. The highest BCUT2D eigenvalue weighted by molar-refractivity contribution is 6.25. The lowest BCUT2D eigenvalue weighted by atomic mass is 9.81. The predicted molar refractivity (Wildman–Crippen MR) is 197 cm³/mol. The largest absolute Gasteiger partial charge is 0.0622 e. The van der Waals surface area contributed by atoms with E-state index in [1.807, 2.05) is 0 Å². The van der Waals surface area contributed by atoms with E-state index in [9.17, 15) is 0 Å². The van der Waals surface area contributed by atoms with Crippen molar-refractivity contribution in [2.45, 2.75) is 25.7 Å². The summed E-state index contributed by atoms with van der Waals surface area (Å²) in [5, 5.41) is 7.87. The summed E-state index contributed by atoms with van der Waals surface area (Å²) in [5.41, 5.74) is 13.5. The molecule has 0 heteroatoms. The van der Waals surface area contributed by atoms with Crippen molar-refractivity contribution in [1.29, 1.82) is 0 Å². The third kappa shape index (κ3) is 4.53. The van der Waals surface area contributed by atoms with Crippen LogP contribution in [-0.2, 0) is 12.8 Å². The molecule has 218 valence electrons. The van der Waals surface area contributed by atoms with E-state index in [-0.39, 0.29) is 0 Å². The highest BCUT2D eigenvalue weighted by Crippen LogP contribution is 2.40. The number of fused-ring (bicyclic) bond motifs is 7. The van der Waals surface area contributed by atoms with Crippen LogP contribution in [0.4, 0.5) is 0 Å². The molecule has 0 spiro atoms. The van der Waals surface area contributed by atoms with Crippen LogP contribution in [0.2, 0.25) is 0 Å². The van der Waals surface area contributed by atoms with E-state index >= 15 is 0 Å². The first-order valence-electron chi connectivity index (χ1n) is 16.6. The Hall–Kier alpha value is -5.46. The minimum Gasteiger partial charge on any atom is -0.0622 e. The molecule has 0 nitrogen and oxygen atoms in total. The first-order valence-corrected chi connectivity index (χ1v) is 16.6. The number of hydrogen-bond acceptors (Lipinski definition) is 0. The van der Waals surface area contributed by atoms with Gasteiger partial charge in [0.15, 0.2) is 0 Å². The average Bonchev–Trinajstić information content (AvgIpc) is 3.15. The minimum atomic E-state index is 1.15. The summed E-state index contributed by atoms with van der Waals surface area (Å²) in [6.07, 6.45) is 4.84. The molecular weight excluding hydrogens is 553 g/mol. The summed E-state index contributed by atoms with van der Waals surface area (Å²) in [6, 6.07) is 58.5. The molecule has 0 aromatic heterocycles. The van der Waals surface area contributed by atoms with E-state index in [2.05, 4.69) is 158 Å². The van der Waals surface area contributed by atoms with Crippen LogP contribution < -0.4 is 0 Å². The van der Waals surface area contributed by atoms with Gasteiger partial charge >= 0.3 is 0 Å². The van der Waals surface area contributed by atoms with Crippen LogP contribution in [0.5, 0.6) is 0 Å². The van der Waals surface area contributed by atoms with Crippen molar-refractivity contribution in [3.8, 4) is 44.5 Å². The third-order valence-electron chi connectivity index (χ3n) is 10.1. The maximum atomic E-state index is 2.39. The van der Waals surface area contributed by atoms with Gasteiger partial charge < -0.3 is 0 Å². The van der Waals surface area contributed by atoms with Crippen molar-refractivity contribution in [3.05, 3.63) is 169 Å². The van der Waals surface area contributed by atoms with E-state index in [1.165, 1.54) is 95.2 Å². The molecule has 0 atom stereocenters. The Bertz CT molecular complexity index is 2380. The Morgan fingerprint density at radius 1 is 0.261 bits per heavy atom. The summed E-state index contributed by atoms with van der Waals surface area (Å²) in [7, 11) is 0. The molecule has 9 rings (SSSR count). The van der Waals surface area contributed by atoms with Crippen LogP contribution in [0.1, 0.15) is 24.0 Å². The van der Waals surface area contributed by atoms with Crippen molar-refractivity contribution in [1.82, 2.24) is 0 Å². The fourth-order valence-electron chi connectivity index (χ4n) is 7.86. The topological polar surface area (TPSA) is 0 Å². The van der Waals surface area contributed by atoms with Gasteiger partial charge in [0.2, 0.25) is 0 Å². The van der Waals surface area contributed by atoms with Gasteiger partial charge in [0, 0.05) is 0 Å². The lowest BCUT2D eigenvalue weighted by molar-refractivity contribution is 0.688. The molecule has 8 aromatic carbocycles. The van der Waals surface area contributed by atoms with Gasteiger partial charge in [0.1, 0.15) is 0 Å². The molecule has 0 heterocycles. The fraction of sp³-hybridized carbons (Fsp3) is 0.0870. The van der Waals surface area contributed by atoms with Gasteiger partial charge in [-0.1, -0.05) is 140 Å². The van der Waals surface area contributed by atoms with Crippen molar-refractivity contribution in [2.24, 2.45) is 0 Å². The van der Waals surface area contributed by atoms with Crippen molar-refractivity contribution in [3.63, 3.8) is 0 Å². The van der Waals surface area contributed by atoms with Crippen LogP contribution >= 0.6 is 0 Å². The Balaban J connectivity index is 1.13. The summed E-state index contributed by atoms with van der Waals surface area (Å²) in [5.74, 6) is 0. The average molecular weight is 587 g/mol. The zero-order chi connectivity index (χ0) is 30.5. The first kappa shape index (κ1) is 26.9. The lowest BCUT2D eigenvalue weighted by Crippen LogP contribution is -2.06. The highest BCUT2D eigenvalue weighted by atomic mass is 14.2. The van der Waals surface area contributed by atoms with Crippen molar-refractivity contribution < 1.29 is 0 Å². The molecule has 1 aliphatic rings. The maximum absolute atomic E-state index is 2.39. The third-order valence-corrected chi connectivity index (χ3v) is 10.1. The second-order valence-corrected chi connectivity index (χ2v) is 12.7. The maximum Gasteiger partial charge on any atom is -0.00928 e. The Kier molecular flexibility index (Phi) is 6.53. The van der Waals surface area contributed by atoms with Crippen LogP contribution in [0, 0.1) is 0 Å². The monoisotopic (exact) mass is 586 g/mol. The van der Waals surface area contributed by atoms with Crippen LogP contribution in [0.15, 0.2) is 158 Å². The van der Waals surface area contributed by atoms with Crippen LogP contribution in [0.25, 0.3) is 76.8 Å². The van der Waals surface area contributed by atoms with E-state index in [0.717, 1.165) is 12.8 Å². The van der Waals surface area contributed by atoms with Crippen LogP contribution in [0.3, 0.4) is 0 Å². The van der Waals surface area contributed by atoms with Crippen LogP contribution in [-0.4, -0.2) is 0 Å². The molecule has 8 aromatic rings. The second kappa shape index (κ2) is 11.2. The quantitative estimate of drug-likeness (QED) is 0.180. The molecule has 0 bridgehead atoms. The van der Waals surface area contributed by atoms with Gasteiger partial charge in [0.05, 0.1) is 0 Å². The van der Waals surface area contributed by atoms with Gasteiger partial charge in [-0.3, -0.25) is 0 Å². The molecule has 0 fully saturated rings. The standard InChI is InChI=1S/C46H34/c1-2-12-31(13-3-1)37-26-27-38(40-19-5-4-18-39(37)40)36-17-11-16-34(29-36)32-14-10-15-33(28-32)35-24-25-45-43-22-7-6-20-41(43)42-21-8-9-23-44(42)46(45)30-35/h1-3,6-17,20-30H,4-5,18-19H2. The molecule has 0 saturated carbocycles. The number of rotatable bonds is 4. The summed E-state index contributed by atoms with van der Waals surface area (Å²) < 4.78 is 0. The SMILES string of the molecule is c1ccc(-c2ccc(-c3cccc(-c4cccc(-c5ccc6c7ccccc7c7ccccc7c6c5)c4)c3)c3c2CCCC3)cc1. The molecule has 0 N–H and O–H groups in total.